The molecule has 1 heterocycles. The third-order valence-electron chi connectivity index (χ3n) is 3.44. The van der Waals surface area contributed by atoms with Gasteiger partial charge in [0.15, 0.2) is 5.82 Å². The van der Waals surface area contributed by atoms with E-state index in [2.05, 4.69) is 15.3 Å². The predicted molar refractivity (Wildman–Crippen MR) is 95.4 cm³/mol. The second-order valence-electron chi connectivity index (χ2n) is 4.88. The van der Waals surface area contributed by atoms with Gasteiger partial charge in [0.25, 0.3) is 0 Å². The minimum atomic E-state index is 0.403. The number of aromatic nitrogens is 3. The molecule has 0 aliphatic carbocycles. The van der Waals surface area contributed by atoms with Gasteiger partial charge in [0.1, 0.15) is 11.5 Å². The maximum atomic E-state index is 5.39. The van der Waals surface area contributed by atoms with E-state index in [0.717, 1.165) is 16.9 Å². The lowest BCUT2D eigenvalue weighted by Crippen LogP contribution is -1.97. The van der Waals surface area contributed by atoms with E-state index < -0.39 is 0 Å². The van der Waals surface area contributed by atoms with Crippen LogP contribution < -0.4 is 9.47 Å². The van der Waals surface area contributed by atoms with Gasteiger partial charge in [-0.15, -0.1) is 0 Å². The zero-order chi connectivity index (χ0) is 16.9. The van der Waals surface area contributed by atoms with Crippen molar-refractivity contribution in [3.8, 4) is 22.9 Å². The summed E-state index contributed by atoms with van der Waals surface area (Å²) in [6, 6.07) is 15.1. The highest BCUT2D eigenvalue weighted by Crippen LogP contribution is 2.28. The molecule has 1 N–H and O–H groups in total. The first kappa shape index (κ1) is 15.9. The summed E-state index contributed by atoms with van der Waals surface area (Å²) in [5.41, 5.74) is 1.73. The first-order valence-corrected chi connectivity index (χ1v) is 7.63. The maximum absolute atomic E-state index is 5.39. The average molecular weight is 340 g/mol. The van der Waals surface area contributed by atoms with Crippen LogP contribution in [-0.2, 0) is 0 Å². The Labute approximate surface area is 144 Å². The van der Waals surface area contributed by atoms with Crippen LogP contribution in [0.5, 0.6) is 11.5 Å². The van der Waals surface area contributed by atoms with Crippen molar-refractivity contribution in [1.29, 1.82) is 0 Å². The SMILES string of the molecule is COc1ccc(/C=N\n2c(-c3ccccc3OC)n[nH]c2=S)cc1. The van der Waals surface area contributed by atoms with Crippen LogP contribution in [0.2, 0.25) is 0 Å². The molecule has 0 aliphatic rings. The molecule has 0 unspecified atom stereocenters. The first-order chi connectivity index (χ1) is 11.7. The molecule has 0 fully saturated rings. The summed E-state index contributed by atoms with van der Waals surface area (Å²) in [5.74, 6) is 2.08. The normalized spacial score (nSPS) is 10.9. The first-order valence-electron chi connectivity index (χ1n) is 7.22. The smallest absolute Gasteiger partial charge is 0.216 e. The molecule has 2 aromatic carbocycles. The molecular weight excluding hydrogens is 324 g/mol. The van der Waals surface area contributed by atoms with Gasteiger partial charge in [-0.2, -0.15) is 14.9 Å². The van der Waals surface area contributed by atoms with Crippen LogP contribution in [0.4, 0.5) is 0 Å². The molecule has 0 saturated heterocycles. The molecule has 0 saturated carbocycles. The van der Waals surface area contributed by atoms with Crippen LogP contribution in [0.15, 0.2) is 53.6 Å². The van der Waals surface area contributed by atoms with Crippen LogP contribution in [0.1, 0.15) is 5.56 Å². The van der Waals surface area contributed by atoms with E-state index in [9.17, 15) is 0 Å². The molecular formula is C17H16N4O2S. The van der Waals surface area contributed by atoms with Crippen LogP contribution in [0.25, 0.3) is 11.4 Å². The maximum Gasteiger partial charge on any atom is 0.216 e. The molecule has 0 aliphatic heterocycles. The second kappa shape index (κ2) is 7.10. The molecule has 0 bridgehead atoms. The lowest BCUT2D eigenvalue weighted by molar-refractivity contribution is 0.415. The third kappa shape index (κ3) is 3.21. The quantitative estimate of drug-likeness (QED) is 0.570. The van der Waals surface area contributed by atoms with Crippen molar-refractivity contribution in [3.05, 3.63) is 58.9 Å². The summed E-state index contributed by atoms with van der Waals surface area (Å²) in [4.78, 5) is 0. The zero-order valence-electron chi connectivity index (χ0n) is 13.3. The van der Waals surface area contributed by atoms with Crippen molar-refractivity contribution >= 4 is 18.4 Å². The molecule has 0 atom stereocenters. The number of rotatable bonds is 5. The van der Waals surface area contributed by atoms with Crippen molar-refractivity contribution in [2.75, 3.05) is 14.2 Å². The summed E-state index contributed by atoms with van der Waals surface area (Å²) in [6.07, 6.45) is 1.71. The largest absolute Gasteiger partial charge is 0.497 e. The highest BCUT2D eigenvalue weighted by molar-refractivity contribution is 7.71. The van der Waals surface area contributed by atoms with Gasteiger partial charge in [0.05, 0.1) is 26.0 Å². The van der Waals surface area contributed by atoms with Gasteiger partial charge in [0.2, 0.25) is 4.77 Å². The van der Waals surface area contributed by atoms with E-state index in [-0.39, 0.29) is 0 Å². The van der Waals surface area contributed by atoms with Gasteiger partial charge in [-0.1, -0.05) is 12.1 Å². The lowest BCUT2D eigenvalue weighted by Gasteiger charge is -2.06. The summed E-state index contributed by atoms with van der Waals surface area (Å²) in [5, 5.41) is 11.5. The Morgan fingerprint density at radius 1 is 1.08 bits per heavy atom. The predicted octanol–water partition coefficient (Wildman–Crippen LogP) is 3.51. The number of aromatic amines is 1. The Balaban J connectivity index is 1.98. The molecule has 7 heteroatoms. The van der Waals surface area contributed by atoms with Crippen molar-refractivity contribution in [1.82, 2.24) is 14.9 Å². The Morgan fingerprint density at radius 3 is 2.54 bits per heavy atom. The number of benzene rings is 2. The molecule has 3 aromatic rings. The number of methoxy groups -OCH3 is 2. The van der Waals surface area contributed by atoms with E-state index >= 15 is 0 Å². The molecule has 1 aromatic heterocycles. The fourth-order valence-electron chi connectivity index (χ4n) is 2.22. The Hall–Kier alpha value is -2.93. The van der Waals surface area contributed by atoms with Crippen molar-refractivity contribution in [3.63, 3.8) is 0 Å². The van der Waals surface area contributed by atoms with Crippen molar-refractivity contribution < 1.29 is 9.47 Å². The van der Waals surface area contributed by atoms with Crippen molar-refractivity contribution in [2.45, 2.75) is 0 Å². The monoisotopic (exact) mass is 340 g/mol. The number of hydrogen-bond acceptors (Lipinski definition) is 5. The number of hydrogen-bond donors (Lipinski definition) is 1. The fraction of sp³-hybridized carbons (Fsp3) is 0.118. The number of nitrogens with zero attached hydrogens (tertiary/aromatic N) is 3. The number of ether oxygens (including phenoxy) is 2. The molecule has 24 heavy (non-hydrogen) atoms. The Bertz CT molecular complexity index is 913. The van der Waals surface area contributed by atoms with E-state index in [1.54, 1.807) is 25.1 Å². The standard InChI is InChI=1S/C17H16N4O2S/c1-22-13-9-7-12(8-10-13)11-18-21-16(19-20-17(21)24)14-5-3-4-6-15(14)23-2/h3-11H,1-2H3,(H,20,24)/b18-11-. The fourth-order valence-corrected chi connectivity index (χ4v) is 2.40. The molecule has 0 amide bonds. The van der Waals surface area contributed by atoms with Crippen molar-refractivity contribution in [2.24, 2.45) is 5.10 Å². The van der Waals surface area contributed by atoms with Gasteiger partial charge in [-0.3, -0.25) is 0 Å². The Morgan fingerprint density at radius 2 is 1.83 bits per heavy atom. The second-order valence-corrected chi connectivity index (χ2v) is 5.27. The van der Waals surface area contributed by atoms with Crippen LogP contribution >= 0.6 is 12.2 Å². The highest BCUT2D eigenvalue weighted by atomic mass is 32.1. The molecule has 122 valence electrons. The minimum absolute atomic E-state index is 0.403. The summed E-state index contributed by atoms with van der Waals surface area (Å²) in [6.45, 7) is 0. The summed E-state index contributed by atoms with van der Waals surface area (Å²) in [7, 11) is 3.25. The van der Waals surface area contributed by atoms with Gasteiger partial charge in [0, 0.05) is 0 Å². The molecule has 0 spiro atoms. The van der Waals surface area contributed by atoms with Crippen LogP contribution in [0.3, 0.4) is 0 Å². The average Bonchev–Trinajstić information content (AvgIpc) is 3.00. The lowest BCUT2D eigenvalue weighted by atomic mass is 10.2. The molecule has 6 nitrogen and oxygen atoms in total. The molecule has 0 radical (unpaired) electrons. The number of para-hydroxylation sites is 1. The van der Waals surface area contributed by atoms with Gasteiger partial charge in [-0.25, -0.2) is 5.10 Å². The third-order valence-corrected chi connectivity index (χ3v) is 3.70. The van der Waals surface area contributed by atoms with Gasteiger partial charge < -0.3 is 9.47 Å². The zero-order valence-corrected chi connectivity index (χ0v) is 14.1. The van der Waals surface area contributed by atoms with E-state index in [1.165, 1.54) is 0 Å². The highest BCUT2D eigenvalue weighted by Gasteiger charge is 2.12. The number of nitrogens with one attached hydrogen (secondary N) is 1. The van der Waals surface area contributed by atoms with Gasteiger partial charge >= 0.3 is 0 Å². The summed E-state index contributed by atoms with van der Waals surface area (Å²) >= 11 is 5.28. The summed E-state index contributed by atoms with van der Waals surface area (Å²) < 4.78 is 12.5. The topological polar surface area (TPSA) is 64.4 Å². The van der Waals surface area contributed by atoms with Crippen LogP contribution in [-0.4, -0.2) is 35.3 Å². The van der Waals surface area contributed by atoms with Crippen LogP contribution in [0, 0.1) is 4.77 Å². The molecule has 3 rings (SSSR count). The Kier molecular flexibility index (Phi) is 4.72. The van der Waals surface area contributed by atoms with E-state index in [0.29, 0.717) is 16.3 Å². The van der Waals surface area contributed by atoms with E-state index in [4.69, 9.17) is 21.7 Å². The van der Waals surface area contributed by atoms with E-state index in [1.807, 2.05) is 48.5 Å². The van der Waals surface area contributed by atoms with Gasteiger partial charge in [-0.05, 0) is 54.2 Å². The minimum Gasteiger partial charge on any atom is -0.497 e. The number of H-pyrrole nitrogens is 1.